The maximum atomic E-state index is 9.56. The van der Waals surface area contributed by atoms with Crippen LogP contribution < -0.4 is 0 Å². The van der Waals surface area contributed by atoms with Crippen LogP contribution in [0.5, 0.6) is 5.88 Å². The number of aromatic nitrogens is 1. The summed E-state index contributed by atoms with van der Waals surface area (Å²) in [7, 11) is 0. The second kappa shape index (κ2) is 2.68. The van der Waals surface area contributed by atoms with Gasteiger partial charge >= 0.3 is 0 Å². The van der Waals surface area contributed by atoms with Gasteiger partial charge in [0.05, 0.1) is 9.40 Å². The lowest BCUT2D eigenvalue weighted by molar-refractivity contribution is 0.461. The molecule has 0 fully saturated rings. The van der Waals surface area contributed by atoms with Crippen molar-refractivity contribution in [3.8, 4) is 5.88 Å². The molecule has 0 radical (unpaired) electrons. The molecule has 0 amide bonds. The Labute approximate surface area is 88.5 Å². The fraction of sp³-hybridized carbons (Fsp3) is 0.100. The standard InChI is InChI=1S/C10H7NOS2/c1-5-4-7-8(13-5)6-2-3-11-10(12)9(6)14-7/h2-4H,1H3,(H,11,12). The maximum Gasteiger partial charge on any atom is 0.229 e. The summed E-state index contributed by atoms with van der Waals surface area (Å²) in [6.45, 7) is 2.10. The Bertz CT molecular complexity index is 623. The van der Waals surface area contributed by atoms with Crippen LogP contribution in [-0.4, -0.2) is 10.1 Å². The van der Waals surface area contributed by atoms with E-state index in [9.17, 15) is 5.11 Å². The Balaban J connectivity index is 2.59. The first-order valence-electron chi connectivity index (χ1n) is 4.22. The van der Waals surface area contributed by atoms with Gasteiger partial charge in [-0.1, -0.05) is 0 Å². The summed E-state index contributed by atoms with van der Waals surface area (Å²) in [6, 6.07) is 4.12. The lowest BCUT2D eigenvalue weighted by atomic mass is 10.3. The van der Waals surface area contributed by atoms with E-state index in [0.717, 1.165) is 10.1 Å². The first-order valence-corrected chi connectivity index (χ1v) is 5.85. The van der Waals surface area contributed by atoms with Crippen molar-refractivity contribution in [2.45, 2.75) is 6.92 Å². The van der Waals surface area contributed by atoms with E-state index in [4.69, 9.17) is 0 Å². The molecule has 0 bridgehead atoms. The highest BCUT2D eigenvalue weighted by atomic mass is 32.1. The number of thiophene rings is 2. The van der Waals surface area contributed by atoms with E-state index in [1.54, 1.807) is 28.9 Å². The number of rotatable bonds is 0. The molecule has 70 valence electrons. The summed E-state index contributed by atoms with van der Waals surface area (Å²) in [5.74, 6) is 0.147. The van der Waals surface area contributed by atoms with Gasteiger partial charge in [-0.3, -0.25) is 0 Å². The largest absolute Gasteiger partial charge is 0.492 e. The van der Waals surface area contributed by atoms with E-state index < -0.39 is 0 Å². The molecule has 0 spiro atoms. The molecule has 0 aliphatic rings. The highest BCUT2D eigenvalue weighted by Gasteiger charge is 2.10. The van der Waals surface area contributed by atoms with Crippen molar-refractivity contribution in [1.29, 1.82) is 0 Å². The number of nitrogens with zero attached hydrogens (tertiary/aromatic N) is 1. The summed E-state index contributed by atoms with van der Waals surface area (Å²) in [4.78, 5) is 5.18. The highest BCUT2D eigenvalue weighted by molar-refractivity contribution is 7.32. The minimum Gasteiger partial charge on any atom is -0.492 e. The Hall–Kier alpha value is -1.13. The molecule has 3 rings (SSSR count). The van der Waals surface area contributed by atoms with E-state index >= 15 is 0 Å². The van der Waals surface area contributed by atoms with Gasteiger partial charge in [0, 0.05) is 21.2 Å². The van der Waals surface area contributed by atoms with Crippen molar-refractivity contribution in [3.05, 3.63) is 23.2 Å². The number of pyridine rings is 1. The Morgan fingerprint density at radius 3 is 3.00 bits per heavy atom. The molecule has 0 saturated carbocycles. The van der Waals surface area contributed by atoms with Gasteiger partial charge < -0.3 is 5.11 Å². The van der Waals surface area contributed by atoms with Gasteiger partial charge in [0.25, 0.3) is 0 Å². The average molecular weight is 221 g/mol. The fourth-order valence-corrected chi connectivity index (χ4v) is 3.99. The molecule has 0 aromatic carbocycles. The fourth-order valence-electron chi connectivity index (χ4n) is 1.58. The van der Waals surface area contributed by atoms with E-state index in [2.05, 4.69) is 18.0 Å². The molecule has 14 heavy (non-hydrogen) atoms. The van der Waals surface area contributed by atoms with Crippen LogP contribution in [0.2, 0.25) is 0 Å². The SMILES string of the molecule is Cc1cc2sc3c(O)nccc3c2s1. The lowest BCUT2D eigenvalue weighted by Gasteiger charge is -1.91. The molecule has 4 heteroatoms. The summed E-state index contributed by atoms with van der Waals surface area (Å²) in [5.41, 5.74) is 0. The molecule has 0 atom stereocenters. The number of fused-ring (bicyclic) bond motifs is 3. The predicted molar refractivity (Wildman–Crippen MR) is 61.4 cm³/mol. The zero-order valence-electron chi connectivity index (χ0n) is 7.44. The van der Waals surface area contributed by atoms with E-state index in [-0.39, 0.29) is 5.88 Å². The number of aryl methyl sites for hydroxylation is 1. The molecular weight excluding hydrogens is 214 g/mol. The first kappa shape index (κ1) is 8.20. The first-order chi connectivity index (χ1) is 6.75. The van der Waals surface area contributed by atoms with Crippen LogP contribution in [0.3, 0.4) is 0 Å². The second-order valence-corrected chi connectivity index (χ2v) is 5.47. The zero-order valence-corrected chi connectivity index (χ0v) is 9.08. The summed E-state index contributed by atoms with van der Waals surface area (Å²) < 4.78 is 3.40. The maximum absolute atomic E-state index is 9.56. The van der Waals surface area contributed by atoms with Gasteiger partial charge in [0.2, 0.25) is 5.88 Å². The topological polar surface area (TPSA) is 33.1 Å². The number of hydrogen-bond acceptors (Lipinski definition) is 4. The number of hydrogen-bond donors (Lipinski definition) is 1. The van der Waals surface area contributed by atoms with Crippen molar-refractivity contribution in [3.63, 3.8) is 0 Å². The molecule has 2 nitrogen and oxygen atoms in total. The molecule has 0 aliphatic carbocycles. The summed E-state index contributed by atoms with van der Waals surface area (Å²) in [5, 5.41) is 10.7. The van der Waals surface area contributed by atoms with Crippen LogP contribution in [0.25, 0.3) is 19.5 Å². The highest BCUT2D eigenvalue weighted by Crippen LogP contribution is 2.41. The van der Waals surface area contributed by atoms with Crippen molar-refractivity contribution < 1.29 is 5.11 Å². The Morgan fingerprint density at radius 1 is 1.29 bits per heavy atom. The normalized spacial score (nSPS) is 11.5. The smallest absolute Gasteiger partial charge is 0.229 e. The Kier molecular flexibility index (Phi) is 1.57. The zero-order chi connectivity index (χ0) is 9.71. The van der Waals surface area contributed by atoms with Gasteiger partial charge in [0.1, 0.15) is 0 Å². The third-order valence-electron chi connectivity index (χ3n) is 2.16. The van der Waals surface area contributed by atoms with Crippen molar-refractivity contribution in [2.24, 2.45) is 0 Å². The van der Waals surface area contributed by atoms with E-state index in [1.807, 2.05) is 6.07 Å². The quantitative estimate of drug-likeness (QED) is 0.630. The van der Waals surface area contributed by atoms with Crippen LogP contribution in [0.15, 0.2) is 18.3 Å². The van der Waals surface area contributed by atoms with Crippen LogP contribution in [0.1, 0.15) is 4.88 Å². The molecule has 0 aliphatic heterocycles. The van der Waals surface area contributed by atoms with Crippen molar-refractivity contribution >= 4 is 42.2 Å². The average Bonchev–Trinajstić information content (AvgIpc) is 2.63. The van der Waals surface area contributed by atoms with Gasteiger partial charge in [-0.15, -0.1) is 22.7 Å². The Morgan fingerprint density at radius 2 is 2.14 bits per heavy atom. The molecule has 1 N–H and O–H groups in total. The van der Waals surface area contributed by atoms with Gasteiger partial charge in [-0.05, 0) is 19.1 Å². The molecule has 3 aromatic heterocycles. The van der Waals surface area contributed by atoms with Gasteiger partial charge in [-0.2, -0.15) is 0 Å². The predicted octanol–water partition coefficient (Wildman–Crippen LogP) is 3.53. The minimum absolute atomic E-state index is 0.147. The minimum atomic E-state index is 0.147. The summed E-state index contributed by atoms with van der Waals surface area (Å²) in [6.07, 6.45) is 1.65. The lowest BCUT2D eigenvalue weighted by Crippen LogP contribution is -1.70. The van der Waals surface area contributed by atoms with Crippen LogP contribution in [0.4, 0.5) is 0 Å². The molecule has 3 aromatic rings. The molecule has 0 saturated heterocycles. The van der Waals surface area contributed by atoms with E-state index in [0.29, 0.717) is 0 Å². The second-order valence-electron chi connectivity index (χ2n) is 3.16. The third kappa shape index (κ3) is 0.980. The molecule has 3 heterocycles. The van der Waals surface area contributed by atoms with Gasteiger partial charge in [0.15, 0.2) is 0 Å². The third-order valence-corrected chi connectivity index (χ3v) is 4.53. The van der Waals surface area contributed by atoms with Crippen molar-refractivity contribution in [2.75, 3.05) is 0 Å². The molecule has 0 unspecified atom stereocenters. The molecular formula is C10H7NOS2. The summed E-state index contributed by atoms with van der Waals surface area (Å²) >= 11 is 3.38. The van der Waals surface area contributed by atoms with Crippen LogP contribution in [-0.2, 0) is 0 Å². The number of aromatic hydroxyl groups is 1. The van der Waals surface area contributed by atoms with Crippen molar-refractivity contribution in [1.82, 2.24) is 4.98 Å². The monoisotopic (exact) mass is 221 g/mol. The van der Waals surface area contributed by atoms with Crippen LogP contribution in [0, 0.1) is 6.92 Å². The van der Waals surface area contributed by atoms with E-state index in [1.165, 1.54) is 14.3 Å². The van der Waals surface area contributed by atoms with Crippen LogP contribution >= 0.6 is 22.7 Å². The van der Waals surface area contributed by atoms with Gasteiger partial charge in [-0.25, -0.2) is 4.98 Å².